The Bertz CT molecular complexity index is 852. The highest BCUT2D eigenvalue weighted by atomic mass is 16.5. The zero-order valence-electron chi connectivity index (χ0n) is 17.7. The molecule has 3 fully saturated rings. The SMILES string of the molecule is O=C(c1cc2c([nH]c1=O)CCC2)N1CCC2(CC1)CC(O)CN(C1CCOCC1)C2. The fourth-order valence-corrected chi connectivity index (χ4v) is 6.11. The van der Waals surface area contributed by atoms with Crippen molar-refractivity contribution in [2.45, 2.75) is 63.5 Å². The molecule has 1 atom stereocenters. The minimum absolute atomic E-state index is 0.0666. The third-order valence-electron chi connectivity index (χ3n) is 7.79. The van der Waals surface area contributed by atoms with Crippen molar-refractivity contribution in [1.29, 1.82) is 0 Å². The van der Waals surface area contributed by atoms with Gasteiger partial charge in [0.15, 0.2) is 0 Å². The number of aliphatic hydroxyl groups excluding tert-OH is 1. The van der Waals surface area contributed by atoms with Gasteiger partial charge in [-0.25, -0.2) is 0 Å². The second-order valence-corrected chi connectivity index (χ2v) is 9.79. The van der Waals surface area contributed by atoms with E-state index in [0.29, 0.717) is 24.7 Å². The number of piperidine rings is 2. The summed E-state index contributed by atoms with van der Waals surface area (Å²) in [7, 11) is 0. The van der Waals surface area contributed by atoms with Crippen LogP contribution in [0.2, 0.25) is 0 Å². The van der Waals surface area contributed by atoms with Crippen molar-refractivity contribution in [3.05, 3.63) is 33.2 Å². The van der Waals surface area contributed by atoms with Gasteiger partial charge in [0.1, 0.15) is 5.56 Å². The molecule has 0 bridgehead atoms. The van der Waals surface area contributed by atoms with E-state index < -0.39 is 0 Å². The van der Waals surface area contributed by atoms with E-state index in [-0.39, 0.29) is 23.0 Å². The Morgan fingerprint density at radius 2 is 1.97 bits per heavy atom. The van der Waals surface area contributed by atoms with Crippen LogP contribution in [0.3, 0.4) is 0 Å². The number of aliphatic hydroxyl groups is 1. The highest BCUT2D eigenvalue weighted by Gasteiger charge is 2.44. The second kappa shape index (κ2) is 8.09. The molecule has 4 aliphatic rings. The first-order chi connectivity index (χ1) is 14.5. The van der Waals surface area contributed by atoms with E-state index in [9.17, 15) is 14.7 Å². The average molecular weight is 416 g/mol. The quantitative estimate of drug-likeness (QED) is 0.761. The van der Waals surface area contributed by atoms with Crippen molar-refractivity contribution in [2.24, 2.45) is 5.41 Å². The fraction of sp³-hybridized carbons (Fsp3) is 0.739. The molecule has 1 spiro atoms. The highest BCUT2D eigenvalue weighted by Crippen LogP contribution is 2.41. The van der Waals surface area contributed by atoms with E-state index in [0.717, 1.165) is 88.9 Å². The Hall–Kier alpha value is -1.70. The summed E-state index contributed by atoms with van der Waals surface area (Å²) in [4.78, 5) is 32.8. The Balaban J connectivity index is 1.26. The first-order valence-corrected chi connectivity index (χ1v) is 11.6. The van der Waals surface area contributed by atoms with Gasteiger partial charge in [0.2, 0.25) is 0 Å². The number of ether oxygens (including phenoxy) is 1. The Morgan fingerprint density at radius 1 is 1.20 bits per heavy atom. The maximum atomic E-state index is 13.1. The van der Waals surface area contributed by atoms with Gasteiger partial charge in [-0.05, 0) is 68.4 Å². The molecule has 1 amide bonds. The van der Waals surface area contributed by atoms with Gasteiger partial charge in [-0.2, -0.15) is 0 Å². The van der Waals surface area contributed by atoms with Crippen LogP contribution < -0.4 is 5.56 Å². The van der Waals surface area contributed by atoms with E-state index in [2.05, 4.69) is 9.88 Å². The van der Waals surface area contributed by atoms with Crippen LogP contribution in [0.1, 0.15) is 60.1 Å². The van der Waals surface area contributed by atoms with E-state index >= 15 is 0 Å². The lowest BCUT2D eigenvalue weighted by molar-refractivity contribution is -0.0695. The van der Waals surface area contributed by atoms with Crippen LogP contribution in [0.15, 0.2) is 10.9 Å². The minimum Gasteiger partial charge on any atom is -0.392 e. The number of likely N-dealkylation sites (tertiary alicyclic amines) is 2. The van der Waals surface area contributed by atoms with Crippen molar-refractivity contribution >= 4 is 5.91 Å². The lowest BCUT2D eigenvalue weighted by atomic mass is 9.71. The van der Waals surface area contributed by atoms with Gasteiger partial charge in [0.05, 0.1) is 6.10 Å². The number of nitrogens with one attached hydrogen (secondary N) is 1. The first kappa shape index (κ1) is 20.2. The molecule has 7 nitrogen and oxygen atoms in total. The van der Waals surface area contributed by atoms with Crippen LogP contribution in [0.25, 0.3) is 0 Å². The standard InChI is InChI=1S/C23H33N3O4/c27-18-13-23(15-26(14-18)17-4-10-30-11-5-17)6-8-25(9-7-23)22(29)19-12-16-2-1-3-20(16)24-21(19)28/h12,17-18,27H,1-11,13-15H2,(H,24,28). The third-order valence-corrected chi connectivity index (χ3v) is 7.79. The molecule has 164 valence electrons. The maximum Gasteiger partial charge on any atom is 0.261 e. The zero-order valence-corrected chi connectivity index (χ0v) is 17.7. The average Bonchev–Trinajstić information content (AvgIpc) is 3.20. The number of rotatable bonds is 2. The van der Waals surface area contributed by atoms with Crippen LogP contribution in [-0.4, -0.2) is 77.3 Å². The topological polar surface area (TPSA) is 85.9 Å². The smallest absolute Gasteiger partial charge is 0.261 e. The van der Waals surface area contributed by atoms with Gasteiger partial charge >= 0.3 is 0 Å². The molecule has 2 N–H and O–H groups in total. The van der Waals surface area contributed by atoms with E-state index in [1.165, 1.54) is 0 Å². The molecule has 1 aromatic rings. The molecule has 1 unspecified atom stereocenters. The number of pyridine rings is 1. The van der Waals surface area contributed by atoms with Crippen molar-refractivity contribution in [3.63, 3.8) is 0 Å². The number of fused-ring (bicyclic) bond motifs is 1. The largest absolute Gasteiger partial charge is 0.392 e. The molecular formula is C23H33N3O4. The maximum absolute atomic E-state index is 13.1. The van der Waals surface area contributed by atoms with Crippen LogP contribution in [0.4, 0.5) is 0 Å². The normalized spacial score (nSPS) is 27.4. The van der Waals surface area contributed by atoms with Crippen LogP contribution in [0.5, 0.6) is 0 Å². The summed E-state index contributed by atoms with van der Waals surface area (Å²) < 4.78 is 5.51. The van der Waals surface area contributed by atoms with Crippen LogP contribution >= 0.6 is 0 Å². The van der Waals surface area contributed by atoms with Crippen molar-refractivity contribution < 1.29 is 14.6 Å². The number of β-amino-alcohol motifs (C(OH)–C–C–N with tert-alkyl or cyclic N) is 1. The number of hydrogen-bond donors (Lipinski definition) is 2. The lowest BCUT2D eigenvalue weighted by Gasteiger charge is -2.51. The van der Waals surface area contributed by atoms with Gasteiger partial charge in [-0.1, -0.05) is 0 Å². The molecule has 3 saturated heterocycles. The molecule has 0 aromatic carbocycles. The number of H-pyrrole nitrogens is 1. The van der Waals surface area contributed by atoms with Gasteiger partial charge in [-0.3, -0.25) is 14.5 Å². The summed E-state index contributed by atoms with van der Waals surface area (Å²) in [5.41, 5.74) is 2.23. The fourth-order valence-electron chi connectivity index (χ4n) is 6.11. The van der Waals surface area contributed by atoms with Gasteiger partial charge in [0.25, 0.3) is 11.5 Å². The molecule has 30 heavy (non-hydrogen) atoms. The molecule has 0 saturated carbocycles. The minimum atomic E-state index is -0.302. The zero-order chi connectivity index (χ0) is 20.7. The summed E-state index contributed by atoms with van der Waals surface area (Å²) in [6, 6.07) is 2.32. The molecule has 7 heteroatoms. The first-order valence-electron chi connectivity index (χ1n) is 11.6. The number of nitrogens with zero attached hydrogens (tertiary/aromatic N) is 2. The third kappa shape index (κ3) is 3.83. The number of aromatic amines is 1. The van der Waals surface area contributed by atoms with Crippen molar-refractivity contribution in [2.75, 3.05) is 39.4 Å². The van der Waals surface area contributed by atoms with Crippen molar-refractivity contribution in [3.8, 4) is 0 Å². The predicted molar refractivity (Wildman–Crippen MR) is 113 cm³/mol. The monoisotopic (exact) mass is 415 g/mol. The number of aromatic nitrogens is 1. The summed E-state index contributed by atoms with van der Waals surface area (Å²) in [5.74, 6) is -0.140. The Kier molecular flexibility index (Phi) is 5.45. The summed E-state index contributed by atoms with van der Waals surface area (Å²) in [6.07, 6.45) is 7.24. The van der Waals surface area contributed by atoms with E-state index in [1.807, 2.05) is 11.0 Å². The number of carbonyl (C=O) groups excluding carboxylic acids is 1. The molecule has 3 aliphatic heterocycles. The summed E-state index contributed by atoms with van der Waals surface area (Å²) in [6.45, 7) is 4.67. The summed E-state index contributed by atoms with van der Waals surface area (Å²) in [5, 5.41) is 10.6. The number of aryl methyl sites for hydroxylation is 2. The Labute approximate surface area is 177 Å². The molecule has 4 heterocycles. The van der Waals surface area contributed by atoms with Gasteiger partial charge in [0, 0.05) is 51.1 Å². The number of amides is 1. The second-order valence-electron chi connectivity index (χ2n) is 9.79. The van der Waals surface area contributed by atoms with Gasteiger partial charge < -0.3 is 19.7 Å². The van der Waals surface area contributed by atoms with Crippen LogP contribution in [0, 0.1) is 5.41 Å². The molecule has 5 rings (SSSR count). The van der Waals surface area contributed by atoms with Crippen molar-refractivity contribution in [1.82, 2.24) is 14.8 Å². The molecule has 1 aliphatic carbocycles. The van der Waals surface area contributed by atoms with E-state index in [1.54, 1.807) is 0 Å². The predicted octanol–water partition coefficient (Wildman–Crippen LogP) is 1.33. The van der Waals surface area contributed by atoms with E-state index in [4.69, 9.17) is 4.74 Å². The van der Waals surface area contributed by atoms with Crippen LogP contribution in [-0.2, 0) is 17.6 Å². The molecule has 0 radical (unpaired) electrons. The molecular weight excluding hydrogens is 382 g/mol. The number of carbonyl (C=O) groups is 1. The summed E-state index contributed by atoms with van der Waals surface area (Å²) >= 11 is 0. The molecule has 1 aromatic heterocycles. The number of hydrogen-bond acceptors (Lipinski definition) is 5. The Morgan fingerprint density at radius 3 is 2.73 bits per heavy atom. The van der Waals surface area contributed by atoms with Gasteiger partial charge in [-0.15, -0.1) is 0 Å². The lowest BCUT2D eigenvalue weighted by Crippen LogP contribution is -2.57. The highest BCUT2D eigenvalue weighted by molar-refractivity contribution is 5.94.